The smallest absolute Gasteiger partial charge is 0.255 e. The van der Waals surface area contributed by atoms with Gasteiger partial charge in [0.05, 0.1) is 11.5 Å². The van der Waals surface area contributed by atoms with E-state index >= 15 is 0 Å². The molecule has 0 radical (unpaired) electrons. The molecule has 8 nitrogen and oxygen atoms in total. The molecule has 1 unspecified atom stereocenters. The van der Waals surface area contributed by atoms with Gasteiger partial charge in [-0.1, -0.05) is 0 Å². The summed E-state index contributed by atoms with van der Waals surface area (Å²) in [6.45, 7) is 2.16. The molecule has 0 saturated carbocycles. The number of pyridine rings is 1. The first kappa shape index (κ1) is 16.1. The fraction of sp³-hybridized carbons (Fsp3) is 0.375. The van der Waals surface area contributed by atoms with Crippen LogP contribution in [0, 0.1) is 5.92 Å². The molecule has 1 saturated heterocycles. The van der Waals surface area contributed by atoms with E-state index in [9.17, 15) is 9.59 Å². The van der Waals surface area contributed by atoms with Gasteiger partial charge in [-0.2, -0.15) is 0 Å². The third kappa shape index (κ3) is 3.43. The van der Waals surface area contributed by atoms with Crippen molar-refractivity contribution in [1.29, 1.82) is 0 Å². The van der Waals surface area contributed by atoms with Crippen LogP contribution < -0.4 is 5.73 Å². The van der Waals surface area contributed by atoms with E-state index in [0.717, 1.165) is 0 Å². The quantitative estimate of drug-likeness (QED) is 0.838. The van der Waals surface area contributed by atoms with E-state index in [1.54, 1.807) is 46.5 Å². The maximum Gasteiger partial charge on any atom is 0.255 e. The van der Waals surface area contributed by atoms with Crippen LogP contribution in [-0.4, -0.2) is 69.4 Å². The molecule has 1 fully saturated rings. The summed E-state index contributed by atoms with van der Waals surface area (Å²) in [6.07, 6.45) is 6.64. The second-order valence-electron chi connectivity index (χ2n) is 5.99. The van der Waals surface area contributed by atoms with Gasteiger partial charge in [0, 0.05) is 44.8 Å². The molecule has 2 aromatic rings. The minimum atomic E-state index is -0.380. The van der Waals surface area contributed by atoms with Gasteiger partial charge in [0.2, 0.25) is 5.91 Å². The summed E-state index contributed by atoms with van der Waals surface area (Å²) in [7, 11) is 1.92. The minimum absolute atomic E-state index is 0.138. The van der Waals surface area contributed by atoms with Crippen LogP contribution in [0.5, 0.6) is 0 Å². The van der Waals surface area contributed by atoms with Crippen molar-refractivity contribution in [2.45, 2.75) is 0 Å². The number of imidazole rings is 1. The van der Waals surface area contributed by atoms with E-state index < -0.39 is 0 Å². The first-order chi connectivity index (χ1) is 11.5. The molecule has 24 heavy (non-hydrogen) atoms. The summed E-state index contributed by atoms with van der Waals surface area (Å²) in [4.78, 5) is 36.3. The van der Waals surface area contributed by atoms with Crippen molar-refractivity contribution in [3.05, 3.63) is 42.6 Å². The van der Waals surface area contributed by atoms with Crippen LogP contribution >= 0.6 is 0 Å². The fourth-order valence-electron chi connectivity index (χ4n) is 2.78. The lowest BCUT2D eigenvalue weighted by atomic mass is 10.1. The zero-order valence-corrected chi connectivity index (χ0v) is 13.5. The van der Waals surface area contributed by atoms with Gasteiger partial charge in [0.25, 0.3) is 5.91 Å². The highest BCUT2D eigenvalue weighted by Crippen LogP contribution is 2.13. The molecule has 1 atom stereocenters. The Kier molecular flexibility index (Phi) is 4.57. The molecule has 3 heterocycles. The third-order valence-corrected chi connectivity index (χ3v) is 4.18. The van der Waals surface area contributed by atoms with Gasteiger partial charge in [-0.05, 0) is 19.2 Å². The summed E-state index contributed by atoms with van der Waals surface area (Å²) in [5.41, 5.74) is 5.94. The Bertz CT molecular complexity index is 713. The Morgan fingerprint density at radius 1 is 1.25 bits per heavy atom. The predicted molar refractivity (Wildman–Crippen MR) is 87.4 cm³/mol. The van der Waals surface area contributed by atoms with Gasteiger partial charge in [-0.3, -0.25) is 14.2 Å². The Hall–Kier alpha value is -2.74. The van der Waals surface area contributed by atoms with Crippen LogP contribution in [0.3, 0.4) is 0 Å². The maximum atomic E-state index is 12.7. The normalized spacial score (nSPS) is 19.0. The lowest BCUT2D eigenvalue weighted by Crippen LogP contribution is -2.40. The van der Waals surface area contributed by atoms with E-state index in [2.05, 4.69) is 9.97 Å². The lowest BCUT2D eigenvalue weighted by Gasteiger charge is -2.22. The third-order valence-electron chi connectivity index (χ3n) is 4.18. The Morgan fingerprint density at radius 2 is 2.08 bits per heavy atom. The second-order valence-corrected chi connectivity index (χ2v) is 5.99. The molecule has 126 valence electrons. The van der Waals surface area contributed by atoms with E-state index in [1.807, 2.05) is 11.9 Å². The number of hydrogen-bond acceptors (Lipinski definition) is 5. The van der Waals surface area contributed by atoms with E-state index in [0.29, 0.717) is 37.6 Å². The molecule has 0 spiro atoms. The highest BCUT2D eigenvalue weighted by atomic mass is 16.2. The lowest BCUT2D eigenvalue weighted by molar-refractivity contribution is -0.122. The molecule has 2 amide bonds. The standard InChI is InChI=1S/C16H20N6O2/c1-20-6-7-21(10-13(9-20)15(17)23)16(24)12-2-3-14(19-8-12)22-5-4-18-11-22/h2-5,8,11,13H,6-7,9-10H2,1H3,(H2,17,23). The van der Waals surface area contributed by atoms with Crippen molar-refractivity contribution < 1.29 is 9.59 Å². The summed E-state index contributed by atoms with van der Waals surface area (Å²) >= 11 is 0. The van der Waals surface area contributed by atoms with Crippen molar-refractivity contribution in [2.75, 3.05) is 33.2 Å². The number of aromatic nitrogens is 3. The first-order valence-corrected chi connectivity index (χ1v) is 7.76. The maximum absolute atomic E-state index is 12.7. The van der Waals surface area contributed by atoms with Crippen molar-refractivity contribution in [3.63, 3.8) is 0 Å². The van der Waals surface area contributed by atoms with E-state index in [1.165, 1.54) is 0 Å². The molecular formula is C16H20N6O2. The van der Waals surface area contributed by atoms with Gasteiger partial charge in [0.15, 0.2) is 0 Å². The molecule has 2 aromatic heterocycles. The minimum Gasteiger partial charge on any atom is -0.369 e. The Labute approximate surface area is 139 Å². The Balaban J connectivity index is 1.76. The number of likely N-dealkylation sites (N-methyl/N-ethyl adjacent to an activating group) is 1. The molecule has 2 N–H and O–H groups in total. The summed E-state index contributed by atoms with van der Waals surface area (Å²) in [5, 5.41) is 0. The highest BCUT2D eigenvalue weighted by Gasteiger charge is 2.28. The number of carbonyl (C=O) groups excluding carboxylic acids is 2. The molecule has 1 aliphatic rings. The van der Waals surface area contributed by atoms with E-state index in [4.69, 9.17) is 5.73 Å². The van der Waals surface area contributed by atoms with Crippen LogP contribution in [0.15, 0.2) is 37.1 Å². The van der Waals surface area contributed by atoms with Gasteiger partial charge >= 0.3 is 0 Å². The topological polar surface area (TPSA) is 97.3 Å². The van der Waals surface area contributed by atoms with Crippen LogP contribution in [0.2, 0.25) is 0 Å². The van der Waals surface area contributed by atoms with Crippen molar-refractivity contribution in [2.24, 2.45) is 11.7 Å². The summed E-state index contributed by atoms with van der Waals surface area (Å²) in [5.74, 6) is -0.189. The average Bonchev–Trinajstić information content (AvgIpc) is 3.04. The second kappa shape index (κ2) is 6.79. The Morgan fingerprint density at radius 3 is 2.71 bits per heavy atom. The number of amides is 2. The summed E-state index contributed by atoms with van der Waals surface area (Å²) < 4.78 is 1.76. The van der Waals surface area contributed by atoms with Gasteiger partial charge in [0.1, 0.15) is 12.1 Å². The number of rotatable bonds is 3. The molecule has 0 aromatic carbocycles. The largest absolute Gasteiger partial charge is 0.369 e. The summed E-state index contributed by atoms with van der Waals surface area (Å²) in [6, 6.07) is 3.50. The van der Waals surface area contributed by atoms with Crippen LogP contribution in [0.1, 0.15) is 10.4 Å². The average molecular weight is 328 g/mol. The fourth-order valence-corrected chi connectivity index (χ4v) is 2.78. The van der Waals surface area contributed by atoms with Crippen molar-refractivity contribution in [3.8, 4) is 5.82 Å². The number of primary amides is 1. The van der Waals surface area contributed by atoms with Crippen molar-refractivity contribution in [1.82, 2.24) is 24.3 Å². The molecule has 0 aliphatic carbocycles. The molecule has 3 rings (SSSR count). The molecule has 1 aliphatic heterocycles. The van der Waals surface area contributed by atoms with Crippen molar-refractivity contribution >= 4 is 11.8 Å². The van der Waals surface area contributed by atoms with Crippen LogP contribution in [-0.2, 0) is 4.79 Å². The van der Waals surface area contributed by atoms with Gasteiger partial charge < -0.3 is 15.5 Å². The van der Waals surface area contributed by atoms with Crippen LogP contribution in [0.25, 0.3) is 5.82 Å². The SMILES string of the molecule is CN1CCN(C(=O)c2ccc(-n3ccnc3)nc2)CC(C(N)=O)C1. The van der Waals surface area contributed by atoms with Gasteiger partial charge in [-0.15, -0.1) is 0 Å². The zero-order valence-electron chi connectivity index (χ0n) is 13.5. The molecule has 0 bridgehead atoms. The number of nitrogens with two attached hydrogens (primary N) is 1. The van der Waals surface area contributed by atoms with Crippen LogP contribution in [0.4, 0.5) is 0 Å². The van der Waals surface area contributed by atoms with Gasteiger partial charge in [-0.25, -0.2) is 9.97 Å². The molecule has 8 heteroatoms. The monoisotopic (exact) mass is 328 g/mol. The first-order valence-electron chi connectivity index (χ1n) is 7.76. The predicted octanol–water partition coefficient (Wildman–Crippen LogP) is -0.244. The molecular weight excluding hydrogens is 308 g/mol. The zero-order chi connectivity index (χ0) is 17.1. The number of carbonyl (C=O) groups is 2. The number of nitrogens with zero attached hydrogens (tertiary/aromatic N) is 5. The van der Waals surface area contributed by atoms with E-state index in [-0.39, 0.29) is 17.7 Å². The number of hydrogen-bond donors (Lipinski definition) is 1. The highest BCUT2D eigenvalue weighted by molar-refractivity contribution is 5.94.